The smallest absolute Gasteiger partial charge is 0.410 e. The van der Waals surface area contributed by atoms with Crippen LogP contribution in [-0.2, 0) is 21.7 Å². The number of piperidine rings is 1. The molecule has 0 aromatic heterocycles. The third kappa shape index (κ3) is 4.80. The van der Waals surface area contributed by atoms with Crippen LogP contribution in [0.4, 0.5) is 4.79 Å². The summed E-state index contributed by atoms with van der Waals surface area (Å²) in [5.41, 5.74) is 1.24. The number of ether oxygens (including phenoxy) is 1. The van der Waals surface area contributed by atoms with Crippen LogP contribution in [0.1, 0.15) is 24.0 Å². The van der Waals surface area contributed by atoms with E-state index in [1.54, 1.807) is 4.90 Å². The van der Waals surface area contributed by atoms with Gasteiger partial charge in [-0.1, -0.05) is 60.7 Å². The molecule has 1 heterocycles. The molecule has 1 N–H and O–H groups in total. The topological polar surface area (TPSA) is 58.6 Å². The molecule has 6 heteroatoms. The molecule has 1 aliphatic rings. The second kappa shape index (κ2) is 8.91. The van der Waals surface area contributed by atoms with E-state index in [0.29, 0.717) is 13.1 Å². The van der Waals surface area contributed by atoms with E-state index in [1.165, 1.54) is 0 Å². The Hall–Kier alpha value is -2.53. The summed E-state index contributed by atoms with van der Waals surface area (Å²) >= 11 is 5.72. The summed E-state index contributed by atoms with van der Waals surface area (Å²) in [6, 6.07) is 19.3. The first-order valence-corrected chi connectivity index (χ1v) is 9.54. The predicted molar refractivity (Wildman–Crippen MR) is 104 cm³/mol. The van der Waals surface area contributed by atoms with Crippen LogP contribution in [0.3, 0.4) is 0 Å². The van der Waals surface area contributed by atoms with Crippen molar-refractivity contribution in [1.82, 2.24) is 10.2 Å². The molecule has 0 saturated carbocycles. The van der Waals surface area contributed by atoms with E-state index in [2.05, 4.69) is 5.32 Å². The summed E-state index contributed by atoms with van der Waals surface area (Å²) in [5, 5.41) is 3.04. The quantitative estimate of drug-likeness (QED) is 0.797. The second-order valence-electron chi connectivity index (χ2n) is 6.70. The Morgan fingerprint density at radius 3 is 2.41 bits per heavy atom. The van der Waals surface area contributed by atoms with Gasteiger partial charge in [-0.05, 0) is 24.0 Å². The highest BCUT2D eigenvalue weighted by Crippen LogP contribution is 2.32. The molecule has 5 nitrogen and oxygen atoms in total. The van der Waals surface area contributed by atoms with Crippen LogP contribution in [0.5, 0.6) is 0 Å². The van der Waals surface area contributed by atoms with Gasteiger partial charge in [0.25, 0.3) is 0 Å². The number of amides is 2. The lowest BCUT2D eigenvalue weighted by molar-refractivity contribution is -0.121. The first-order valence-electron chi connectivity index (χ1n) is 9.01. The standard InChI is InChI=1S/C21H23ClN2O3/c22-14-19(25)23-21(18-10-5-2-6-11-18)12-7-13-24(16-21)20(26)27-15-17-8-3-1-4-9-17/h1-6,8-11H,7,12-16H2,(H,23,25). The minimum atomic E-state index is -0.656. The SMILES string of the molecule is O=C(CCl)NC1(c2ccccc2)CCCN(C(=O)OCc2ccccc2)C1. The molecule has 1 fully saturated rings. The lowest BCUT2D eigenvalue weighted by atomic mass is 9.82. The van der Waals surface area contributed by atoms with Crippen LogP contribution < -0.4 is 5.32 Å². The maximum atomic E-state index is 12.6. The molecule has 0 bridgehead atoms. The second-order valence-corrected chi connectivity index (χ2v) is 6.96. The third-order valence-electron chi connectivity index (χ3n) is 4.78. The van der Waals surface area contributed by atoms with Gasteiger partial charge in [0.15, 0.2) is 0 Å². The van der Waals surface area contributed by atoms with E-state index in [0.717, 1.165) is 24.0 Å². The third-order valence-corrected chi connectivity index (χ3v) is 5.02. The fourth-order valence-electron chi connectivity index (χ4n) is 3.49. The number of carbonyl (C=O) groups excluding carboxylic acids is 2. The van der Waals surface area contributed by atoms with Crippen molar-refractivity contribution in [3.8, 4) is 0 Å². The van der Waals surface area contributed by atoms with Gasteiger partial charge in [0, 0.05) is 6.54 Å². The van der Waals surface area contributed by atoms with Crippen molar-refractivity contribution in [2.75, 3.05) is 19.0 Å². The molecule has 142 valence electrons. The molecule has 1 aliphatic heterocycles. The fourth-order valence-corrected chi connectivity index (χ4v) is 3.56. The number of hydrogen-bond donors (Lipinski definition) is 1. The van der Waals surface area contributed by atoms with Gasteiger partial charge in [-0.3, -0.25) is 4.79 Å². The molecular formula is C21H23ClN2O3. The minimum Gasteiger partial charge on any atom is -0.445 e. The van der Waals surface area contributed by atoms with Gasteiger partial charge in [0.05, 0.1) is 12.1 Å². The Morgan fingerprint density at radius 2 is 1.74 bits per heavy atom. The van der Waals surface area contributed by atoms with Gasteiger partial charge < -0.3 is 15.0 Å². The Bertz CT molecular complexity index is 770. The maximum absolute atomic E-state index is 12.6. The monoisotopic (exact) mass is 386 g/mol. The average Bonchev–Trinajstić information content (AvgIpc) is 2.73. The first kappa shape index (κ1) is 19.2. The van der Waals surface area contributed by atoms with Gasteiger partial charge in [-0.2, -0.15) is 0 Å². The number of alkyl halides is 1. The molecular weight excluding hydrogens is 364 g/mol. The largest absolute Gasteiger partial charge is 0.445 e. The number of benzene rings is 2. The highest BCUT2D eigenvalue weighted by Gasteiger charge is 2.40. The molecule has 2 aromatic carbocycles. The molecule has 2 amide bonds. The van der Waals surface area contributed by atoms with Gasteiger partial charge in [-0.15, -0.1) is 11.6 Å². The van der Waals surface area contributed by atoms with Crippen LogP contribution in [0, 0.1) is 0 Å². The van der Waals surface area contributed by atoms with Crippen LogP contribution in [0.15, 0.2) is 60.7 Å². The van der Waals surface area contributed by atoms with E-state index in [1.807, 2.05) is 60.7 Å². The number of carbonyl (C=O) groups is 2. The van der Waals surface area contributed by atoms with Crippen molar-refractivity contribution in [3.63, 3.8) is 0 Å². The molecule has 1 atom stereocenters. The molecule has 0 spiro atoms. The van der Waals surface area contributed by atoms with Crippen molar-refractivity contribution < 1.29 is 14.3 Å². The summed E-state index contributed by atoms with van der Waals surface area (Å²) in [4.78, 5) is 26.3. The van der Waals surface area contributed by atoms with Crippen LogP contribution >= 0.6 is 11.6 Å². The van der Waals surface area contributed by atoms with Gasteiger partial charge in [0.2, 0.25) is 5.91 Å². The van der Waals surface area contributed by atoms with Crippen molar-refractivity contribution >= 4 is 23.6 Å². The Labute approximate surface area is 164 Å². The van der Waals surface area contributed by atoms with Crippen molar-refractivity contribution in [1.29, 1.82) is 0 Å². The zero-order valence-corrected chi connectivity index (χ0v) is 15.8. The summed E-state index contributed by atoms with van der Waals surface area (Å²) < 4.78 is 5.48. The molecule has 0 radical (unpaired) electrons. The summed E-state index contributed by atoms with van der Waals surface area (Å²) in [5.74, 6) is -0.368. The summed E-state index contributed by atoms with van der Waals surface area (Å²) in [6.45, 7) is 1.18. The highest BCUT2D eigenvalue weighted by atomic mass is 35.5. The highest BCUT2D eigenvalue weighted by molar-refractivity contribution is 6.27. The Morgan fingerprint density at radius 1 is 1.07 bits per heavy atom. The number of rotatable bonds is 5. The number of nitrogens with one attached hydrogen (secondary N) is 1. The maximum Gasteiger partial charge on any atom is 0.410 e. The Balaban J connectivity index is 1.74. The first-order chi connectivity index (χ1) is 13.1. The van der Waals surface area contributed by atoms with E-state index in [-0.39, 0.29) is 24.5 Å². The number of likely N-dealkylation sites (tertiary alicyclic amines) is 1. The lowest BCUT2D eigenvalue weighted by Crippen LogP contribution is -2.57. The summed E-state index contributed by atoms with van der Waals surface area (Å²) in [6.07, 6.45) is 1.12. The molecule has 0 aliphatic carbocycles. The normalized spacial score (nSPS) is 19.4. The van der Waals surface area contributed by atoms with E-state index in [4.69, 9.17) is 16.3 Å². The average molecular weight is 387 g/mol. The van der Waals surface area contributed by atoms with Gasteiger partial charge in [0.1, 0.15) is 12.5 Å². The van der Waals surface area contributed by atoms with Gasteiger partial charge in [-0.25, -0.2) is 4.79 Å². The lowest BCUT2D eigenvalue weighted by Gasteiger charge is -2.43. The predicted octanol–water partition coefficient (Wildman–Crippen LogP) is 3.67. The van der Waals surface area contributed by atoms with Crippen LogP contribution in [-0.4, -0.2) is 35.9 Å². The zero-order valence-electron chi connectivity index (χ0n) is 15.1. The van der Waals surface area contributed by atoms with Crippen molar-refractivity contribution in [3.05, 3.63) is 71.8 Å². The Kier molecular flexibility index (Phi) is 6.35. The fraction of sp³-hybridized carbons (Fsp3) is 0.333. The van der Waals surface area contributed by atoms with E-state index < -0.39 is 5.54 Å². The van der Waals surface area contributed by atoms with Crippen molar-refractivity contribution in [2.45, 2.75) is 25.0 Å². The van der Waals surface area contributed by atoms with Crippen molar-refractivity contribution in [2.24, 2.45) is 0 Å². The molecule has 3 rings (SSSR count). The molecule has 1 saturated heterocycles. The molecule has 27 heavy (non-hydrogen) atoms. The minimum absolute atomic E-state index is 0.118. The number of halogens is 1. The van der Waals surface area contributed by atoms with Crippen LogP contribution in [0.2, 0.25) is 0 Å². The summed E-state index contributed by atoms with van der Waals surface area (Å²) in [7, 11) is 0. The van der Waals surface area contributed by atoms with Crippen LogP contribution in [0.25, 0.3) is 0 Å². The zero-order chi connectivity index (χ0) is 19.1. The molecule has 1 unspecified atom stereocenters. The molecule has 2 aromatic rings. The van der Waals surface area contributed by atoms with E-state index >= 15 is 0 Å². The van der Waals surface area contributed by atoms with Gasteiger partial charge >= 0.3 is 6.09 Å². The number of nitrogens with zero attached hydrogens (tertiary/aromatic N) is 1. The number of hydrogen-bond acceptors (Lipinski definition) is 3. The van der Waals surface area contributed by atoms with E-state index in [9.17, 15) is 9.59 Å².